The first-order chi connectivity index (χ1) is 9.93. The van der Waals surface area contributed by atoms with E-state index in [2.05, 4.69) is 25.1 Å². The highest BCUT2D eigenvalue weighted by Gasteiger charge is 2.18. The van der Waals surface area contributed by atoms with Crippen LogP contribution in [0, 0.1) is 0 Å². The Balaban J connectivity index is 4.65. The number of ether oxygens (including phenoxy) is 2. The molecular formula is C14H28N3O4P. The third kappa shape index (κ3) is 12.4. The maximum atomic E-state index is 11.8. The van der Waals surface area contributed by atoms with Gasteiger partial charge in [0.25, 0.3) is 0 Å². The van der Waals surface area contributed by atoms with Gasteiger partial charge in [0.05, 0.1) is 0 Å². The van der Waals surface area contributed by atoms with Gasteiger partial charge >= 0.3 is 12.2 Å². The third-order valence-electron chi connectivity index (χ3n) is 1.96. The fourth-order valence-electron chi connectivity index (χ4n) is 1.27. The van der Waals surface area contributed by atoms with Crippen molar-refractivity contribution >= 4 is 21.6 Å². The van der Waals surface area contributed by atoms with Crippen molar-refractivity contribution in [2.24, 2.45) is 0 Å². The Morgan fingerprint density at radius 1 is 1.00 bits per heavy atom. The summed E-state index contributed by atoms with van der Waals surface area (Å²) in [5.74, 6) is 0. The highest BCUT2D eigenvalue weighted by atomic mass is 31.0. The second-order valence-corrected chi connectivity index (χ2v) is 7.06. The lowest BCUT2D eigenvalue weighted by atomic mass is 10.2. The van der Waals surface area contributed by atoms with Gasteiger partial charge in [0, 0.05) is 24.9 Å². The normalized spacial score (nSPS) is 12.6. The number of alkyl carbamates (subject to hydrolysis) is 2. The second-order valence-electron chi connectivity index (χ2n) is 6.65. The number of hydrogen-bond donors (Lipinski definition) is 3. The fourth-order valence-corrected chi connectivity index (χ4v) is 1.41. The predicted octanol–water partition coefficient (Wildman–Crippen LogP) is 2.65. The molecule has 1 atom stereocenters. The maximum Gasteiger partial charge on any atom is 0.411 e. The smallest absolute Gasteiger partial charge is 0.411 e. The van der Waals surface area contributed by atoms with Crippen LogP contribution < -0.4 is 15.7 Å². The summed E-state index contributed by atoms with van der Waals surface area (Å²) in [6.45, 7) is 11.2. The van der Waals surface area contributed by atoms with Gasteiger partial charge in [0.2, 0.25) is 0 Å². The summed E-state index contributed by atoms with van der Waals surface area (Å²) in [7, 11) is 2.37. The monoisotopic (exact) mass is 333 g/mol. The van der Waals surface area contributed by atoms with Crippen molar-refractivity contribution in [2.75, 3.05) is 6.54 Å². The van der Waals surface area contributed by atoms with Gasteiger partial charge in [-0.05, 0) is 41.5 Å². The molecule has 0 saturated heterocycles. The molecule has 0 aliphatic carbocycles. The molecule has 0 aliphatic rings. The van der Waals surface area contributed by atoms with E-state index in [4.69, 9.17) is 9.47 Å². The molecule has 128 valence electrons. The van der Waals surface area contributed by atoms with Crippen LogP contribution in [0.2, 0.25) is 0 Å². The number of hydrogen-bond acceptors (Lipinski definition) is 5. The van der Waals surface area contributed by atoms with Crippen LogP contribution in [-0.4, -0.2) is 29.9 Å². The van der Waals surface area contributed by atoms with Crippen LogP contribution in [0.4, 0.5) is 9.59 Å². The quantitative estimate of drug-likeness (QED) is 0.673. The van der Waals surface area contributed by atoms with E-state index in [9.17, 15) is 9.59 Å². The zero-order chi connectivity index (χ0) is 17.4. The van der Waals surface area contributed by atoms with Gasteiger partial charge in [-0.25, -0.2) is 9.59 Å². The van der Waals surface area contributed by atoms with Crippen LogP contribution in [0.25, 0.3) is 0 Å². The number of rotatable bonds is 5. The predicted molar refractivity (Wildman–Crippen MR) is 89.2 cm³/mol. The fraction of sp³-hybridized carbons (Fsp3) is 0.714. The van der Waals surface area contributed by atoms with Crippen LogP contribution in [-0.2, 0) is 9.47 Å². The Morgan fingerprint density at radius 2 is 1.50 bits per heavy atom. The summed E-state index contributed by atoms with van der Waals surface area (Å²) >= 11 is 0. The highest BCUT2D eigenvalue weighted by molar-refractivity contribution is 7.13. The SMILES string of the molecule is CC(C)(C)OC(=O)N/C=C(/CCNP)NC(=O)OC(C)(C)C. The molecule has 1 unspecified atom stereocenters. The molecule has 0 aromatic rings. The van der Waals surface area contributed by atoms with Crippen molar-refractivity contribution < 1.29 is 19.1 Å². The van der Waals surface area contributed by atoms with Crippen LogP contribution in [0.5, 0.6) is 0 Å². The van der Waals surface area contributed by atoms with E-state index in [1.807, 2.05) is 0 Å². The van der Waals surface area contributed by atoms with Crippen molar-refractivity contribution in [3.05, 3.63) is 11.9 Å². The minimum absolute atomic E-state index is 0.499. The molecule has 0 aromatic heterocycles. The van der Waals surface area contributed by atoms with Gasteiger partial charge in [-0.3, -0.25) is 10.6 Å². The van der Waals surface area contributed by atoms with E-state index in [1.54, 1.807) is 41.5 Å². The van der Waals surface area contributed by atoms with Crippen LogP contribution in [0.1, 0.15) is 48.0 Å². The molecule has 0 aliphatic heterocycles. The van der Waals surface area contributed by atoms with Gasteiger partial charge in [-0.2, -0.15) is 0 Å². The van der Waals surface area contributed by atoms with Gasteiger partial charge < -0.3 is 14.6 Å². The first-order valence-corrected chi connectivity index (χ1v) is 7.63. The molecule has 7 nitrogen and oxygen atoms in total. The molecule has 0 spiro atoms. The van der Waals surface area contributed by atoms with Crippen molar-refractivity contribution in [3.8, 4) is 0 Å². The largest absolute Gasteiger partial charge is 0.444 e. The molecule has 0 heterocycles. The Morgan fingerprint density at radius 3 is 1.95 bits per heavy atom. The van der Waals surface area contributed by atoms with Crippen molar-refractivity contribution in [3.63, 3.8) is 0 Å². The van der Waals surface area contributed by atoms with E-state index in [1.165, 1.54) is 6.20 Å². The van der Waals surface area contributed by atoms with Gasteiger partial charge in [-0.15, -0.1) is 0 Å². The van der Waals surface area contributed by atoms with Crippen LogP contribution in [0.3, 0.4) is 0 Å². The molecule has 0 saturated carbocycles. The molecule has 0 fully saturated rings. The molecule has 8 heteroatoms. The van der Waals surface area contributed by atoms with Crippen molar-refractivity contribution in [2.45, 2.75) is 59.2 Å². The number of amides is 2. The molecule has 0 aromatic carbocycles. The molecule has 0 bridgehead atoms. The second kappa shape index (κ2) is 8.96. The zero-order valence-corrected chi connectivity index (χ0v) is 15.4. The molecule has 3 N–H and O–H groups in total. The first kappa shape index (κ1) is 20.7. The summed E-state index contributed by atoms with van der Waals surface area (Å²) in [5, 5.41) is 7.98. The molecule has 0 rings (SSSR count). The molecule has 0 radical (unpaired) electrons. The summed E-state index contributed by atoms with van der Waals surface area (Å²) in [6.07, 6.45) is 0.738. The Kier molecular flexibility index (Phi) is 8.41. The standard InChI is InChI=1S/C14H28N3O4P/c1-13(2,3)20-11(18)15-9-10(7-8-16-22)17-12(19)21-14(4,5)6/h9,16H,7-8,22H2,1-6H3,(H,15,18)(H,17,19)/b10-9-. The van der Waals surface area contributed by atoms with E-state index < -0.39 is 23.4 Å². The van der Waals surface area contributed by atoms with Crippen molar-refractivity contribution in [1.29, 1.82) is 0 Å². The summed E-state index contributed by atoms with van der Waals surface area (Å²) in [5.41, 5.74) is -0.666. The summed E-state index contributed by atoms with van der Waals surface area (Å²) in [6, 6.07) is 0. The van der Waals surface area contributed by atoms with Gasteiger partial charge in [0.15, 0.2) is 0 Å². The average Bonchev–Trinajstić information content (AvgIpc) is 2.28. The lowest BCUT2D eigenvalue weighted by Crippen LogP contribution is -2.34. The van der Waals surface area contributed by atoms with Crippen molar-refractivity contribution in [1.82, 2.24) is 15.7 Å². The lowest BCUT2D eigenvalue weighted by Gasteiger charge is -2.21. The number of carbonyl (C=O) groups excluding carboxylic acids is 2. The van der Waals surface area contributed by atoms with Crippen LogP contribution in [0.15, 0.2) is 11.9 Å². The van der Waals surface area contributed by atoms with E-state index in [-0.39, 0.29) is 0 Å². The molecule has 2 amide bonds. The van der Waals surface area contributed by atoms with Gasteiger partial charge in [0.1, 0.15) is 11.2 Å². The lowest BCUT2D eigenvalue weighted by molar-refractivity contribution is 0.0524. The van der Waals surface area contributed by atoms with Crippen LogP contribution >= 0.6 is 9.39 Å². The first-order valence-electron chi connectivity index (χ1n) is 7.05. The number of nitrogens with one attached hydrogen (secondary N) is 3. The van der Waals surface area contributed by atoms with E-state index in [0.29, 0.717) is 18.7 Å². The summed E-state index contributed by atoms with van der Waals surface area (Å²) < 4.78 is 10.3. The van der Waals surface area contributed by atoms with Gasteiger partial charge in [-0.1, -0.05) is 9.39 Å². The Hall–Kier alpha value is -1.33. The topological polar surface area (TPSA) is 88.7 Å². The zero-order valence-electron chi connectivity index (χ0n) is 14.2. The number of carbonyl (C=O) groups is 2. The minimum Gasteiger partial charge on any atom is -0.444 e. The minimum atomic E-state index is -0.591. The molecule has 22 heavy (non-hydrogen) atoms. The maximum absolute atomic E-state index is 11.8. The van der Waals surface area contributed by atoms with E-state index in [0.717, 1.165) is 0 Å². The highest BCUT2D eigenvalue weighted by Crippen LogP contribution is 2.08. The molecular weight excluding hydrogens is 305 g/mol. The summed E-state index contributed by atoms with van der Waals surface area (Å²) in [4.78, 5) is 23.4. The third-order valence-corrected chi connectivity index (χ3v) is 2.25. The Labute approximate surface area is 134 Å². The Bertz CT molecular complexity index is 411. The van der Waals surface area contributed by atoms with E-state index >= 15 is 0 Å². The average molecular weight is 333 g/mol.